The molecule has 1 unspecified atom stereocenters. The van der Waals surface area contributed by atoms with E-state index in [1.807, 2.05) is 44.2 Å². The summed E-state index contributed by atoms with van der Waals surface area (Å²) in [5.41, 5.74) is 3.28. The summed E-state index contributed by atoms with van der Waals surface area (Å²) in [7, 11) is 0. The van der Waals surface area contributed by atoms with Crippen LogP contribution in [0.4, 0.5) is 0 Å². The van der Waals surface area contributed by atoms with Gasteiger partial charge in [0.25, 0.3) is 5.91 Å². The number of aromatic nitrogens is 3. The highest BCUT2D eigenvalue weighted by atomic mass is 32.2. The average molecular weight is 407 g/mol. The molecule has 1 aromatic carbocycles. The fourth-order valence-corrected chi connectivity index (χ4v) is 3.92. The Morgan fingerprint density at radius 3 is 2.93 bits per heavy atom. The van der Waals surface area contributed by atoms with Crippen LogP contribution in [0.2, 0.25) is 0 Å². The number of nitrogens with zero attached hydrogens (tertiary/aromatic N) is 3. The molecule has 0 saturated carbocycles. The van der Waals surface area contributed by atoms with Crippen LogP contribution in [0.5, 0.6) is 5.75 Å². The van der Waals surface area contributed by atoms with Crippen LogP contribution in [0.25, 0.3) is 17.0 Å². The molecule has 7 nitrogen and oxygen atoms in total. The van der Waals surface area contributed by atoms with E-state index in [2.05, 4.69) is 25.6 Å². The van der Waals surface area contributed by atoms with Gasteiger partial charge in [0, 0.05) is 30.5 Å². The first-order valence-electron chi connectivity index (χ1n) is 9.34. The van der Waals surface area contributed by atoms with Gasteiger partial charge in [0.2, 0.25) is 0 Å². The molecule has 1 saturated heterocycles. The molecule has 1 atom stereocenters. The van der Waals surface area contributed by atoms with Gasteiger partial charge in [-0.15, -0.1) is 0 Å². The normalized spacial score (nSPS) is 17.7. The largest absolute Gasteiger partial charge is 0.493 e. The maximum atomic E-state index is 12.4. The molecular formula is C21H21N5O2S. The first-order chi connectivity index (χ1) is 14.1. The fraction of sp³-hybridized carbons (Fsp3) is 0.238. The highest BCUT2D eigenvalue weighted by Gasteiger charge is 2.26. The van der Waals surface area contributed by atoms with Crippen molar-refractivity contribution in [2.75, 3.05) is 6.61 Å². The maximum Gasteiger partial charge on any atom is 0.259 e. The zero-order valence-corrected chi connectivity index (χ0v) is 17.0. The topological polar surface area (TPSA) is 89.0 Å². The van der Waals surface area contributed by atoms with Gasteiger partial charge in [-0.2, -0.15) is 0 Å². The molecule has 0 bridgehead atoms. The first kappa shape index (κ1) is 19.4. The molecule has 2 aromatic heterocycles. The number of hydrogen-bond acceptors (Lipinski definition) is 7. The Hall–Kier alpha value is -2.97. The van der Waals surface area contributed by atoms with E-state index in [0.29, 0.717) is 18.1 Å². The highest BCUT2D eigenvalue weighted by molar-refractivity contribution is 8.05. The van der Waals surface area contributed by atoms with Crippen molar-refractivity contribution in [3.8, 4) is 5.75 Å². The van der Waals surface area contributed by atoms with Gasteiger partial charge in [0.1, 0.15) is 11.2 Å². The van der Waals surface area contributed by atoms with Crippen molar-refractivity contribution in [2.45, 2.75) is 25.9 Å². The van der Waals surface area contributed by atoms with Crippen LogP contribution >= 0.6 is 11.8 Å². The van der Waals surface area contributed by atoms with Crippen LogP contribution in [0.3, 0.4) is 0 Å². The third-order valence-corrected chi connectivity index (χ3v) is 5.43. The van der Waals surface area contributed by atoms with E-state index in [1.54, 1.807) is 18.6 Å². The number of carbonyl (C=O) groups is 1. The number of hydrogen-bond donors (Lipinski definition) is 2. The lowest BCUT2D eigenvalue weighted by atomic mass is 10.1. The highest BCUT2D eigenvalue weighted by Crippen LogP contribution is 2.30. The molecule has 4 rings (SSSR count). The summed E-state index contributed by atoms with van der Waals surface area (Å²) in [6.07, 6.45) is 7.09. The predicted molar refractivity (Wildman–Crippen MR) is 114 cm³/mol. The van der Waals surface area contributed by atoms with Crippen molar-refractivity contribution < 1.29 is 9.53 Å². The lowest BCUT2D eigenvalue weighted by Gasteiger charge is -2.10. The number of thioether (sulfide) groups is 1. The summed E-state index contributed by atoms with van der Waals surface area (Å²) >= 11 is 1.45. The molecular weight excluding hydrogens is 386 g/mol. The lowest BCUT2D eigenvalue weighted by molar-refractivity contribution is -0.116. The monoisotopic (exact) mass is 407 g/mol. The van der Waals surface area contributed by atoms with Gasteiger partial charge in [-0.05, 0) is 43.7 Å². The SMILES string of the molecule is CCOc1ccnc2ccc(/C=C3\SC(NCc4cnc(C)cn4)NC3=O)cc12. The molecule has 148 valence electrons. The van der Waals surface area contributed by atoms with E-state index >= 15 is 0 Å². The van der Waals surface area contributed by atoms with Crippen LogP contribution in [0.15, 0.2) is 47.8 Å². The molecule has 1 aliphatic rings. The van der Waals surface area contributed by atoms with Crippen molar-refractivity contribution in [1.29, 1.82) is 0 Å². The molecule has 0 spiro atoms. The Balaban J connectivity index is 1.48. The molecule has 1 amide bonds. The van der Waals surface area contributed by atoms with Crippen LogP contribution < -0.4 is 15.4 Å². The molecule has 29 heavy (non-hydrogen) atoms. The predicted octanol–water partition coefficient (Wildman–Crippen LogP) is 3.01. The van der Waals surface area contributed by atoms with Gasteiger partial charge in [-0.25, -0.2) is 0 Å². The van der Waals surface area contributed by atoms with E-state index < -0.39 is 0 Å². The quantitative estimate of drug-likeness (QED) is 0.607. The second kappa shape index (κ2) is 8.59. The molecule has 1 aliphatic heterocycles. The zero-order valence-electron chi connectivity index (χ0n) is 16.2. The number of aryl methyl sites for hydroxylation is 1. The van der Waals surface area contributed by atoms with Gasteiger partial charge >= 0.3 is 0 Å². The maximum absolute atomic E-state index is 12.4. The molecule has 3 aromatic rings. The number of carbonyl (C=O) groups excluding carboxylic acids is 1. The van der Waals surface area contributed by atoms with Crippen LogP contribution in [-0.4, -0.2) is 33.0 Å². The summed E-state index contributed by atoms with van der Waals surface area (Å²) < 4.78 is 5.70. The van der Waals surface area contributed by atoms with Gasteiger partial charge in [0.05, 0.1) is 28.4 Å². The van der Waals surface area contributed by atoms with E-state index in [1.165, 1.54) is 11.8 Å². The Kier molecular flexibility index (Phi) is 5.73. The van der Waals surface area contributed by atoms with Crippen LogP contribution in [-0.2, 0) is 11.3 Å². The summed E-state index contributed by atoms with van der Waals surface area (Å²) in [5.74, 6) is 0.693. The van der Waals surface area contributed by atoms with Gasteiger partial charge in [-0.3, -0.25) is 25.1 Å². The second-order valence-corrected chi connectivity index (χ2v) is 7.68. The third-order valence-electron chi connectivity index (χ3n) is 4.36. The van der Waals surface area contributed by atoms with Crippen molar-refractivity contribution in [3.05, 3.63) is 64.7 Å². The van der Waals surface area contributed by atoms with E-state index in [9.17, 15) is 4.79 Å². The van der Waals surface area contributed by atoms with Gasteiger partial charge in [-0.1, -0.05) is 17.8 Å². The average Bonchev–Trinajstić information content (AvgIpc) is 3.07. The number of benzene rings is 1. The summed E-state index contributed by atoms with van der Waals surface area (Å²) in [4.78, 5) is 26.0. The van der Waals surface area contributed by atoms with E-state index in [0.717, 1.165) is 33.6 Å². The van der Waals surface area contributed by atoms with Gasteiger partial charge in [0.15, 0.2) is 0 Å². The van der Waals surface area contributed by atoms with Crippen molar-refractivity contribution in [3.63, 3.8) is 0 Å². The standard InChI is InChI=1S/C21H21N5O2S/c1-3-28-18-6-7-22-17-5-4-14(8-16(17)18)9-19-20(27)26-21(29-19)25-12-15-11-23-13(2)10-24-15/h4-11,21,25H,3,12H2,1-2H3,(H,26,27)/b19-9-. The molecule has 1 fully saturated rings. The van der Waals surface area contributed by atoms with Crippen LogP contribution in [0.1, 0.15) is 23.9 Å². The Bertz CT molecular complexity index is 1070. The summed E-state index contributed by atoms with van der Waals surface area (Å²) in [5, 5.41) is 7.14. The third kappa shape index (κ3) is 4.55. The number of amides is 1. The second-order valence-electron chi connectivity index (χ2n) is 6.53. The molecule has 0 aliphatic carbocycles. The molecule has 0 radical (unpaired) electrons. The molecule has 8 heteroatoms. The Morgan fingerprint density at radius 1 is 1.24 bits per heavy atom. The van der Waals surface area contributed by atoms with Crippen molar-refractivity contribution in [1.82, 2.24) is 25.6 Å². The number of fused-ring (bicyclic) bond motifs is 1. The fourth-order valence-electron chi connectivity index (χ4n) is 2.96. The lowest BCUT2D eigenvalue weighted by Crippen LogP contribution is -2.37. The van der Waals surface area contributed by atoms with E-state index in [-0.39, 0.29) is 11.4 Å². The smallest absolute Gasteiger partial charge is 0.259 e. The number of rotatable bonds is 6. The zero-order chi connectivity index (χ0) is 20.2. The minimum Gasteiger partial charge on any atom is -0.493 e. The number of nitrogens with one attached hydrogen (secondary N) is 2. The molecule has 2 N–H and O–H groups in total. The molecule has 3 heterocycles. The van der Waals surface area contributed by atoms with Crippen molar-refractivity contribution in [2.24, 2.45) is 0 Å². The van der Waals surface area contributed by atoms with Crippen molar-refractivity contribution >= 4 is 34.6 Å². The minimum absolute atomic E-state index is 0.0983. The Labute approximate surface area is 173 Å². The minimum atomic E-state index is -0.210. The number of ether oxygens (including phenoxy) is 1. The Morgan fingerprint density at radius 2 is 2.14 bits per heavy atom. The van der Waals surface area contributed by atoms with Crippen LogP contribution in [0, 0.1) is 6.92 Å². The first-order valence-corrected chi connectivity index (χ1v) is 10.2. The number of pyridine rings is 1. The van der Waals surface area contributed by atoms with Gasteiger partial charge < -0.3 is 10.1 Å². The summed E-state index contributed by atoms with van der Waals surface area (Å²) in [6, 6.07) is 7.74. The summed E-state index contributed by atoms with van der Waals surface area (Å²) in [6.45, 7) is 4.96. The van der Waals surface area contributed by atoms with E-state index in [4.69, 9.17) is 4.74 Å².